The molecule has 5 heteroatoms. The van der Waals surface area contributed by atoms with Gasteiger partial charge in [0.1, 0.15) is 5.75 Å². The number of fused-ring (bicyclic) bond motifs is 2. The van der Waals surface area contributed by atoms with E-state index < -0.39 is 15.3 Å². The first-order valence-corrected chi connectivity index (χ1v) is 10.6. The van der Waals surface area contributed by atoms with E-state index in [0.717, 1.165) is 22.4 Å². The van der Waals surface area contributed by atoms with E-state index in [0.29, 0.717) is 11.5 Å². The van der Waals surface area contributed by atoms with Crippen LogP contribution < -0.4 is 14.2 Å². The van der Waals surface area contributed by atoms with E-state index in [1.54, 1.807) is 14.2 Å². The molecule has 1 aliphatic heterocycles. The smallest absolute Gasteiger partial charge is 0.177 e. The first-order chi connectivity index (χ1) is 14.4. The monoisotopic (exact) mass is 440 g/mol. The SMILES string of the molecule is COc1ccc([C@]23Oc4ccccc4[C@H](c4ccccc4)[C@@]2(C)C3(Cl)Cl)cc1OC. The molecule has 0 saturated heterocycles. The number of ether oxygens (including phenoxy) is 3. The van der Waals surface area contributed by atoms with Crippen molar-refractivity contribution in [3.63, 3.8) is 0 Å². The lowest BCUT2D eigenvalue weighted by atomic mass is 9.74. The van der Waals surface area contributed by atoms with Gasteiger partial charge in [-0.15, -0.1) is 0 Å². The molecule has 154 valence electrons. The van der Waals surface area contributed by atoms with Crippen molar-refractivity contribution in [2.24, 2.45) is 5.41 Å². The minimum absolute atomic E-state index is 0.0354. The van der Waals surface area contributed by atoms with Gasteiger partial charge in [0.2, 0.25) is 0 Å². The first kappa shape index (κ1) is 19.6. The molecule has 1 saturated carbocycles. The number of methoxy groups -OCH3 is 2. The average molecular weight is 441 g/mol. The van der Waals surface area contributed by atoms with Gasteiger partial charge in [-0.3, -0.25) is 0 Å². The quantitative estimate of drug-likeness (QED) is 0.444. The lowest BCUT2D eigenvalue weighted by molar-refractivity contribution is 0.102. The Morgan fingerprint density at radius 3 is 2.20 bits per heavy atom. The lowest BCUT2D eigenvalue weighted by Crippen LogP contribution is -2.33. The third-order valence-electron chi connectivity index (χ3n) is 6.76. The number of benzene rings is 3. The molecule has 1 heterocycles. The minimum Gasteiger partial charge on any atom is -0.493 e. The van der Waals surface area contributed by atoms with Gasteiger partial charge in [-0.2, -0.15) is 0 Å². The minimum atomic E-state index is -1.15. The second-order valence-corrected chi connectivity index (χ2v) is 9.34. The van der Waals surface area contributed by atoms with Crippen LogP contribution in [0.2, 0.25) is 0 Å². The van der Waals surface area contributed by atoms with Crippen molar-refractivity contribution in [2.45, 2.75) is 22.8 Å². The van der Waals surface area contributed by atoms with Crippen LogP contribution >= 0.6 is 23.2 Å². The third-order valence-corrected chi connectivity index (χ3v) is 8.07. The van der Waals surface area contributed by atoms with E-state index >= 15 is 0 Å². The molecule has 0 amide bonds. The summed E-state index contributed by atoms with van der Waals surface area (Å²) in [7, 11) is 3.23. The van der Waals surface area contributed by atoms with Crippen LogP contribution in [0.15, 0.2) is 72.8 Å². The molecular formula is C25H22Cl2O3. The maximum absolute atomic E-state index is 7.12. The molecule has 1 aliphatic carbocycles. The second kappa shape index (κ2) is 6.57. The summed E-state index contributed by atoms with van der Waals surface area (Å²) >= 11 is 14.2. The average Bonchev–Trinajstić information content (AvgIpc) is 3.18. The topological polar surface area (TPSA) is 27.7 Å². The van der Waals surface area contributed by atoms with Gasteiger partial charge in [-0.25, -0.2) is 0 Å². The summed E-state index contributed by atoms with van der Waals surface area (Å²) in [5, 5.41) is 0. The first-order valence-electron chi connectivity index (χ1n) is 9.85. The van der Waals surface area contributed by atoms with Gasteiger partial charge in [-0.1, -0.05) is 84.7 Å². The van der Waals surface area contributed by atoms with Crippen LogP contribution in [0.4, 0.5) is 0 Å². The summed E-state index contributed by atoms with van der Waals surface area (Å²) in [6.45, 7) is 2.11. The Labute approximate surface area is 186 Å². The van der Waals surface area contributed by atoms with Crippen molar-refractivity contribution in [1.29, 1.82) is 0 Å². The molecular weight excluding hydrogens is 419 g/mol. The molecule has 3 aromatic rings. The Morgan fingerprint density at radius 2 is 1.50 bits per heavy atom. The Kier molecular flexibility index (Phi) is 4.29. The van der Waals surface area contributed by atoms with Crippen molar-refractivity contribution in [3.05, 3.63) is 89.5 Å². The third kappa shape index (κ3) is 2.23. The molecule has 5 rings (SSSR count). The highest BCUT2D eigenvalue weighted by molar-refractivity contribution is 6.53. The molecule has 0 aromatic heterocycles. The van der Waals surface area contributed by atoms with Crippen LogP contribution in [0.1, 0.15) is 29.5 Å². The van der Waals surface area contributed by atoms with E-state index in [9.17, 15) is 0 Å². The Balaban J connectivity index is 1.76. The largest absolute Gasteiger partial charge is 0.493 e. The van der Waals surface area contributed by atoms with Crippen molar-refractivity contribution in [2.75, 3.05) is 14.2 Å². The van der Waals surface area contributed by atoms with E-state index in [-0.39, 0.29) is 5.92 Å². The maximum atomic E-state index is 7.12. The van der Waals surface area contributed by atoms with Crippen LogP contribution in [-0.4, -0.2) is 18.6 Å². The molecule has 0 radical (unpaired) electrons. The molecule has 0 unspecified atom stereocenters. The maximum Gasteiger partial charge on any atom is 0.177 e. The fraction of sp³-hybridized carbons (Fsp3) is 0.280. The van der Waals surface area contributed by atoms with Gasteiger partial charge in [0.25, 0.3) is 0 Å². The van der Waals surface area contributed by atoms with Gasteiger partial charge < -0.3 is 14.2 Å². The fourth-order valence-corrected chi connectivity index (χ4v) is 6.29. The van der Waals surface area contributed by atoms with Crippen LogP contribution in [-0.2, 0) is 5.60 Å². The van der Waals surface area contributed by atoms with Crippen LogP contribution in [0.5, 0.6) is 17.2 Å². The molecule has 30 heavy (non-hydrogen) atoms. The van der Waals surface area contributed by atoms with Gasteiger partial charge in [0.05, 0.1) is 19.6 Å². The van der Waals surface area contributed by atoms with Crippen molar-refractivity contribution >= 4 is 23.2 Å². The highest BCUT2D eigenvalue weighted by atomic mass is 35.5. The normalized spacial score (nSPS) is 28.0. The zero-order chi connectivity index (χ0) is 21.1. The summed E-state index contributed by atoms with van der Waals surface area (Å²) in [6, 6.07) is 24.2. The molecule has 0 bridgehead atoms. The predicted molar refractivity (Wildman–Crippen MR) is 119 cm³/mol. The van der Waals surface area contributed by atoms with E-state index in [1.807, 2.05) is 54.6 Å². The lowest BCUT2D eigenvalue weighted by Gasteiger charge is -2.36. The Morgan fingerprint density at radius 1 is 0.833 bits per heavy atom. The number of hydrogen-bond acceptors (Lipinski definition) is 3. The van der Waals surface area contributed by atoms with Gasteiger partial charge in [-0.05, 0) is 23.8 Å². The molecule has 0 spiro atoms. The Bertz CT molecular complexity index is 1110. The zero-order valence-corrected chi connectivity index (χ0v) is 18.5. The highest BCUT2D eigenvalue weighted by Gasteiger charge is 2.91. The Hall–Kier alpha value is -2.36. The zero-order valence-electron chi connectivity index (χ0n) is 17.0. The molecule has 2 aliphatic rings. The number of alkyl halides is 2. The van der Waals surface area contributed by atoms with Gasteiger partial charge in [0, 0.05) is 17.0 Å². The number of halogens is 2. The number of hydrogen-bond donors (Lipinski definition) is 0. The van der Waals surface area contributed by atoms with Crippen molar-refractivity contribution in [1.82, 2.24) is 0 Å². The molecule has 1 fully saturated rings. The van der Waals surface area contributed by atoms with Crippen LogP contribution in [0.25, 0.3) is 0 Å². The number of para-hydroxylation sites is 1. The fourth-order valence-electron chi connectivity index (χ4n) is 5.21. The van der Waals surface area contributed by atoms with Gasteiger partial charge >= 0.3 is 0 Å². The molecule has 3 atom stereocenters. The standard InChI is InChI=1S/C25H22Cl2O3/c1-23-22(16-9-5-4-6-10-16)18-11-7-8-12-19(18)30-24(23,25(23,26)27)17-13-14-20(28-2)21(15-17)29-3/h4-15,22H,1-3H3/t22-,23+,24-/m0/s1. The van der Waals surface area contributed by atoms with E-state index in [1.165, 1.54) is 0 Å². The summed E-state index contributed by atoms with van der Waals surface area (Å²) in [4.78, 5) is 0. The summed E-state index contributed by atoms with van der Waals surface area (Å²) in [6.07, 6.45) is 0. The van der Waals surface area contributed by atoms with Crippen LogP contribution in [0.3, 0.4) is 0 Å². The van der Waals surface area contributed by atoms with E-state index in [2.05, 4.69) is 25.1 Å². The summed E-state index contributed by atoms with van der Waals surface area (Å²) in [5.41, 5.74) is 1.58. The molecule has 0 N–H and O–H groups in total. The summed E-state index contributed by atoms with van der Waals surface area (Å²) in [5.74, 6) is 2.01. The van der Waals surface area contributed by atoms with E-state index in [4.69, 9.17) is 37.4 Å². The second-order valence-electron chi connectivity index (χ2n) is 8.01. The summed E-state index contributed by atoms with van der Waals surface area (Å²) < 4.78 is 16.5. The molecule has 3 nitrogen and oxygen atoms in total. The van der Waals surface area contributed by atoms with Crippen LogP contribution in [0, 0.1) is 5.41 Å². The van der Waals surface area contributed by atoms with Crippen molar-refractivity contribution in [3.8, 4) is 17.2 Å². The van der Waals surface area contributed by atoms with Gasteiger partial charge in [0.15, 0.2) is 21.4 Å². The predicted octanol–water partition coefficient (Wildman–Crippen LogP) is 6.32. The number of rotatable bonds is 4. The van der Waals surface area contributed by atoms with Crippen molar-refractivity contribution < 1.29 is 14.2 Å². The molecule has 3 aromatic carbocycles. The highest BCUT2D eigenvalue weighted by Crippen LogP contribution is 2.85.